The number of carboxylic acid groups (broad SMARTS) is 1. The van der Waals surface area contributed by atoms with Crippen molar-refractivity contribution in [1.82, 2.24) is 4.90 Å². The minimum absolute atomic E-state index is 0.159. The van der Waals surface area contributed by atoms with Crippen LogP contribution in [0.3, 0.4) is 0 Å². The molecule has 0 radical (unpaired) electrons. The van der Waals surface area contributed by atoms with Crippen LogP contribution in [0.15, 0.2) is 22.8 Å². The number of carboxylic acids is 1. The normalized spacial score (nSPS) is 21.1. The molecule has 2 aromatic rings. The van der Waals surface area contributed by atoms with E-state index in [0.29, 0.717) is 13.0 Å². The first kappa shape index (κ1) is 15.6. The van der Waals surface area contributed by atoms with E-state index in [9.17, 15) is 14.7 Å². The summed E-state index contributed by atoms with van der Waals surface area (Å²) in [7, 11) is 0. The number of furan rings is 1. The van der Waals surface area contributed by atoms with Crippen LogP contribution in [0.1, 0.15) is 36.5 Å². The Morgan fingerprint density at radius 3 is 2.70 bits per heavy atom. The van der Waals surface area contributed by atoms with Gasteiger partial charge in [0, 0.05) is 17.5 Å². The summed E-state index contributed by atoms with van der Waals surface area (Å²) in [6.45, 7) is 6.16. The predicted octanol–water partition coefficient (Wildman–Crippen LogP) is 3.06. The van der Waals surface area contributed by atoms with Crippen molar-refractivity contribution in [3.8, 4) is 0 Å². The number of hydrogen-bond donors (Lipinski definition) is 1. The molecule has 122 valence electrons. The Balaban J connectivity index is 1.89. The average molecular weight is 315 g/mol. The van der Waals surface area contributed by atoms with Crippen molar-refractivity contribution >= 4 is 22.8 Å². The maximum absolute atomic E-state index is 12.6. The third-order valence-corrected chi connectivity index (χ3v) is 5.01. The van der Waals surface area contributed by atoms with E-state index < -0.39 is 11.5 Å². The molecule has 1 aliphatic rings. The van der Waals surface area contributed by atoms with E-state index in [2.05, 4.69) is 0 Å². The second-order valence-electron chi connectivity index (χ2n) is 6.60. The molecule has 5 nitrogen and oxygen atoms in total. The summed E-state index contributed by atoms with van der Waals surface area (Å²) in [5.74, 6) is -1.10. The highest BCUT2D eigenvalue weighted by Crippen LogP contribution is 2.31. The molecule has 1 N–H and O–H groups in total. The van der Waals surface area contributed by atoms with Gasteiger partial charge in [0.05, 0.1) is 12.7 Å². The number of benzene rings is 1. The number of nitrogens with zero attached hydrogens (tertiary/aromatic N) is 1. The van der Waals surface area contributed by atoms with Crippen molar-refractivity contribution in [2.45, 2.75) is 45.6 Å². The number of hydrogen-bond acceptors (Lipinski definition) is 3. The number of carbonyl (C=O) groups excluding carboxylic acids is 1. The van der Waals surface area contributed by atoms with Crippen molar-refractivity contribution in [3.63, 3.8) is 0 Å². The van der Waals surface area contributed by atoms with Gasteiger partial charge in [-0.15, -0.1) is 0 Å². The molecule has 0 aliphatic carbocycles. The van der Waals surface area contributed by atoms with Gasteiger partial charge in [-0.25, -0.2) is 4.79 Å². The van der Waals surface area contributed by atoms with Crippen molar-refractivity contribution in [2.24, 2.45) is 0 Å². The molecule has 1 aromatic heterocycles. The van der Waals surface area contributed by atoms with Crippen molar-refractivity contribution in [3.05, 3.63) is 35.1 Å². The summed E-state index contributed by atoms with van der Waals surface area (Å²) in [6.07, 6.45) is 2.99. The second-order valence-corrected chi connectivity index (χ2v) is 6.60. The molecular formula is C18H21NO4. The monoisotopic (exact) mass is 315 g/mol. The first-order chi connectivity index (χ1) is 10.8. The smallest absolute Gasteiger partial charge is 0.329 e. The predicted molar refractivity (Wildman–Crippen MR) is 86.4 cm³/mol. The van der Waals surface area contributed by atoms with E-state index in [1.54, 1.807) is 13.2 Å². The molecule has 1 aliphatic heterocycles. The van der Waals surface area contributed by atoms with E-state index in [4.69, 9.17) is 4.42 Å². The summed E-state index contributed by atoms with van der Waals surface area (Å²) >= 11 is 0. The summed E-state index contributed by atoms with van der Waals surface area (Å²) in [5.41, 5.74) is 2.77. The zero-order valence-electron chi connectivity index (χ0n) is 13.7. The first-order valence-electron chi connectivity index (χ1n) is 7.84. The zero-order valence-corrected chi connectivity index (χ0v) is 13.7. The molecule has 1 atom stereocenters. The number of carbonyl (C=O) groups is 2. The quantitative estimate of drug-likeness (QED) is 0.945. The van der Waals surface area contributed by atoms with Crippen LogP contribution in [0, 0.1) is 13.8 Å². The number of fused-ring (bicyclic) bond motifs is 1. The Kier molecular flexibility index (Phi) is 3.66. The fraction of sp³-hybridized carbons (Fsp3) is 0.444. The third kappa shape index (κ3) is 2.50. The topological polar surface area (TPSA) is 70.8 Å². The Hall–Kier alpha value is -2.30. The SMILES string of the molecule is Cc1cc2occ(CC(=O)N3CCCC3(C)C(=O)O)c2cc1C. The van der Waals surface area contributed by atoms with Gasteiger partial charge in [0.15, 0.2) is 0 Å². The van der Waals surface area contributed by atoms with Crippen LogP contribution in [-0.2, 0) is 16.0 Å². The van der Waals surface area contributed by atoms with Crippen molar-refractivity contribution < 1.29 is 19.1 Å². The third-order valence-electron chi connectivity index (χ3n) is 5.01. The lowest BCUT2D eigenvalue weighted by Crippen LogP contribution is -2.51. The van der Waals surface area contributed by atoms with Gasteiger partial charge < -0.3 is 14.4 Å². The highest BCUT2D eigenvalue weighted by molar-refractivity contribution is 5.92. The molecule has 0 bridgehead atoms. The van der Waals surface area contributed by atoms with Gasteiger partial charge in [-0.3, -0.25) is 4.79 Å². The summed E-state index contributed by atoms with van der Waals surface area (Å²) in [6, 6.07) is 3.99. The average Bonchev–Trinajstić information content (AvgIpc) is 3.05. The molecule has 0 spiro atoms. The molecule has 3 rings (SSSR count). The molecule has 5 heteroatoms. The van der Waals surface area contributed by atoms with Crippen LogP contribution < -0.4 is 0 Å². The molecule has 1 amide bonds. The molecule has 1 unspecified atom stereocenters. The number of aryl methyl sites for hydroxylation is 2. The maximum Gasteiger partial charge on any atom is 0.329 e. The fourth-order valence-corrected chi connectivity index (χ4v) is 3.32. The number of likely N-dealkylation sites (tertiary alicyclic amines) is 1. The van der Waals surface area contributed by atoms with Crippen LogP contribution in [0.5, 0.6) is 0 Å². The standard InChI is InChI=1S/C18H21NO4/c1-11-7-14-13(10-23-15(14)8-12(11)2)9-16(20)19-6-4-5-18(19,3)17(21)22/h7-8,10H,4-6,9H2,1-3H3,(H,21,22). The molecule has 1 aromatic carbocycles. The lowest BCUT2D eigenvalue weighted by atomic mass is 9.98. The van der Waals surface area contributed by atoms with E-state index in [-0.39, 0.29) is 12.3 Å². The fourth-order valence-electron chi connectivity index (χ4n) is 3.32. The van der Waals surface area contributed by atoms with Crippen LogP contribution >= 0.6 is 0 Å². The number of aliphatic carboxylic acids is 1. The molecule has 1 fully saturated rings. The van der Waals surface area contributed by atoms with E-state index in [1.807, 2.05) is 26.0 Å². The molecule has 2 heterocycles. The summed E-state index contributed by atoms with van der Waals surface area (Å²) in [5, 5.41) is 10.4. The van der Waals surface area contributed by atoms with Crippen LogP contribution in [0.4, 0.5) is 0 Å². The summed E-state index contributed by atoms with van der Waals surface area (Å²) < 4.78 is 5.56. The van der Waals surface area contributed by atoms with Gasteiger partial charge >= 0.3 is 5.97 Å². The van der Waals surface area contributed by atoms with Crippen molar-refractivity contribution in [2.75, 3.05) is 6.54 Å². The van der Waals surface area contributed by atoms with Crippen molar-refractivity contribution in [1.29, 1.82) is 0 Å². The Morgan fingerprint density at radius 1 is 1.30 bits per heavy atom. The highest BCUT2D eigenvalue weighted by Gasteiger charge is 2.45. The van der Waals surface area contributed by atoms with Gasteiger partial charge in [-0.2, -0.15) is 0 Å². The lowest BCUT2D eigenvalue weighted by molar-refractivity contribution is -0.155. The Bertz CT molecular complexity index is 792. The van der Waals surface area contributed by atoms with E-state index in [1.165, 1.54) is 4.90 Å². The molecule has 0 saturated carbocycles. The van der Waals surface area contributed by atoms with Crippen LogP contribution in [0.25, 0.3) is 11.0 Å². The first-order valence-corrected chi connectivity index (χ1v) is 7.84. The van der Waals surface area contributed by atoms with Crippen LogP contribution in [0.2, 0.25) is 0 Å². The van der Waals surface area contributed by atoms with Gasteiger partial charge in [0.2, 0.25) is 5.91 Å². The Labute approximate surface area is 134 Å². The zero-order chi connectivity index (χ0) is 16.8. The van der Waals surface area contributed by atoms with Gasteiger partial charge in [0.1, 0.15) is 11.1 Å². The van der Waals surface area contributed by atoms with Gasteiger partial charge in [-0.1, -0.05) is 0 Å². The highest BCUT2D eigenvalue weighted by atomic mass is 16.4. The van der Waals surface area contributed by atoms with Gasteiger partial charge in [-0.05, 0) is 56.9 Å². The van der Waals surface area contributed by atoms with E-state index >= 15 is 0 Å². The Morgan fingerprint density at radius 2 is 2.00 bits per heavy atom. The maximum atomic E-state index is 12.6. The minimum Gasteiger partial charge on any atom is -0.480 e. The van der Waals surface area contributed by atoms with Crippen LogP contribution in [-0.4, -0.2) is 34.0 Å². The number of amides is 1. The largest absolute Gasteiger partial charge is 0.480 e. The summed E-state index contributed by atoms with van der Waals surface area (Å²) in [4.78, 5) is 25.7. The van der Waals surface area contributed by atoms with Gasteiger partial charge in [0.25, 0.3) is 0 Å². The number of rotatable bonds is 3. The molecule has 1 saturated heterocycles. The second kappa shape index (κ2) is 5.41. The van der Waals surface area contributed by atoms with E-state index in [0.717, 1.165) is 34.1 Å². The lowest BCUT2D eigenvalue weighted by Gasteiger charge is -2.31. The minimum atomic E-state index is -1.09. The molecule has 23 heavy (non-hydrogen) atoms. The molecular weight excluding hydrogens is 294 g/mol.